The Bertz CT molecular complexity index is 1300. The number of carbonyl (C=O) groups is 1. The van der Waals surface area contributed by atoms with E-state index in [1.54, 1.807) is 18.2 Å². The Hall–Kier alpha value is -3.65. The van der Waals surface area contributed by atoms with Gasteiger partial charge in [0.05, 0.1) is 6.42 Å². The van der Waals surface area contributed by atoms with E-state index in [1.807, 2.05) is 42.5 Å². The normalized spacial score (nSPS) is 11.1. The fourth-order valence-corrected chi connectivity index (χ4v) is 3.84. The zero-order valence-corrected chi connectivity index (χ0v) is 18.1. The average Bonchev–Trinajstić information content (AvgIpc) is 3.26. The van der Waals surface area contributed by atoms with Crippen LogP contribution in [0.2, 0.25) is 0 Å². The van der Waals surface area contributed by atoms with Gasteiger partial charge in [0.1, 0.15) is 30.3 Å². The van der Waals surface area contributed by atoms with Gasteiger partial charge in [0.2, 0.25) is 0 Å². The van der Waals surface area contributed by atoms with Gasteiger partial charge in [-0.05, 0) is 52.6 Å². The topological polar surface area (TPSA) is 132 Å². The lowest BCUT2D eigenvalue weighted by atomic mass is 9.99. The van der Waals surface area contributed by atoms with Crippen LogP contribution in [0.1, 0.15) is 28.0 Å². The molecule has 0 aliphatic heterocycles. The molecule has 4 aromatic rings. The second-order valence-corrected chi connectivity index (χ2v) is 7.84. The number of aliphatic hydroxyl groups excluding tert-OH is 1. The molecule has 3 aromatic carbocycles. The zero-order valence-electron chi connectivity index (χ0n) is 18.1. The highest BCUT2D eigenvalue weighted by Crippen LogP contribution is 2.34. The van der Waals surface area contributed by atoms with Crippen molar-refractivity contribution >= 4 is 16.9 Å². The molecule has 0 saturated heterocycles. The number of hydrogen-bond acceptors (Lipinski definition) is 6. The van der Waals surface area contributed by atoms with Crippen molar-refractivity contribution in [1.29, 1.82) is 0 Å². The van der Waals surface area contributed by atoms with Gasteiger partial charge in [0.15, 0.2) is 0 Å². The molecule has 7 nitrogen and oxygen atoms in total. The summed E-state index contributed by atoms with van der Waals surface area (Å²) in [7, 11) is 0. The van der Waals surface area contributed by atoms with Crippen LogP contribution in [0.4, 0.5) is 0 Å². The molecule has 0 aliphatic carbocycles. The van der Waals surface area contributed by atoms with Crippen LogP contribution >= 0.6 is 0 Å². The quantitative estimate of drug-likeness (QED) is 0.308. The highest BCUT2D eigenvalue weighted by Gasteiger charge is 2.14. The number of benzene rings is 3. The third kappa shape index (κ3) is 5.06. The van der Waals surface area contributed by atoms with Crippen LogP contribution in [0.3, 0.4) is 0 Å². The third-order valence-electron chi connectivity index (χ3n) is 5.46. The van der Waals surface area contributed by atoms with Crippen LogP contribution in [-0.2, 0) is 37.5 Å². The van der Waals surface area contributed by atoms with E-state index in [0.717, 1.165) is 33.2 Å². The molecular weight excluding hydrogens is 420 g/mol. The molecule has 0 unspecified atom stereocenters. The molecule has 4 rings (SSSR count). The maximum absolute atomic E-state index is 11.3. The number of carboxylic acids is 1. The standard InChI is InChI=1S/C26H26N2O5/c27-12-16-2-1-3-19(6-16)23-8-18(7-21-10-22(14-29)33-26(21)23)15-32-24-9-17(13-28)4-5-20(24)11-25(30)31/h1-10,29H,11-15,27-28H2,(H,30,31). The minimum absolute atomic E-state index is 0.141. The molecule has 1 heterocycles. The minimum Gasteiger partial charge on any atom is -0.489 e. The van der Waals surface area contributed by atoms with E-state index >= 15 is 0 Å². The third-order valence-corrected chi connectivity index (χ3v) is 5.46. The molecule has 0 saturated carbocycles. The number of aliphatic carboxylic acids is 1. The van der Waals surface area contributed by atoms with Gasteiger partial charge in [0, 0.05) is 29.6 Å². The summed E-state index contributed by atoms with van der Waals surface area (Å²) in [6, 6.07) is 19.0. The van der Waals surface area contributed by atoms with Crippen molar-refractivity contribution in [3.63, 3.8) is 0 Å². The van der Waals surface area contributed by atoms with Crippen molar-refractivity contribution in [2.75, 3.05) is 0 Å². The number of rotatable bonds is 9. The summed E-state index contributed by atoms with van der Waals surface area (Å²) in [5.74, 6) is 0.0350. The van der Waals surface area contributed by atoms with Gasteiger partial charge in [-0.3, -0.25) is 4.79 Å². The van der Waals surface area contributed by atoms with E-state index in [4.69, 9.17) is 20.6 Å². The summed E-state index contributed by atoms with van der Waals surface area (Å²) >= 11 is 0. The molecule has 0 atom stereocenters. The Balaban J connectivity index is 1.72. The van der Waals surface area contributed by atoms with E-state index < -0.39 is 5.97 Å². The van der Waals surface area contributed by atoms with Gasteiger partial charge in [-0.15, -0.1) is 0 Å². The van der Waals surface area contributed by atoms with E-state index in [1.165, 1.54) is 0 Å². The number of ether oxygens (including phenoxy) is 1. The van der Waals surface area contributed by atoms with Crippen molar-refractivity contribution in [3.05, 3.63) is 88.7 Å². The van der Waals surface area contributed by atoms with Crippen molar-refractivity contribution in [2.45, 2.75) is 32.7 Å². The smallest absolute Gasteiger partial charge is 0.307 e. The SMILES string of the molecule is NCc1cccc(-c2cc(COc3cc(CN)ccc3CC(=O)O)cc3cc(CO)oc23)c1. The van der Waals surface area contributed by atoms with Crippen LogP contribution in [-0.4, -0.2) is 16.2 Å². The monoisotopic (exact) mass is 446 g/mol. The van der Waals surface area contributed by atoms with E-state index in [2.05, 4.69) is 0 Å². The molecule has 0 spiro atoms. The lowest BCUT2D eigenvalue weighted by Gasteiger charge is -2.13. The molecule has 6 N–H and O–H groups in total. The van der Waals surface area contributed by atoms with Crippen molar-refractivity contribution in [1.82, 2.24) is 0 Å². The molecule has 1 aromatic heterocycles. The molecule has 0 radical (unpaired) electrons. The number of furan rings is 1. The van der Waals surface area contributed by atoms with E-state index in [9.17, 15) is 15.0 Å². The molecule has 0 amide bonds. The fourth-order valence-electron chi connectivity index (χ4n) is 3.84. The van der Waals surface area contributed by atoms with Crippen molar-refractivity contribution < 1.29 is 24.2 Å². The van der Waals surface area contributed by atoms with Crippen LogP contribution < -0.4 is 16.2 Å². The molecular formula is C26H26N2O5. The second-order valence-electron chi connectivity index (χ2n) is 7.84. The number of nitrogens with two attached hydrogens (primary N) is 2. The predicted molar refractivity (Wildman–Crippen MR) is 125 cm³/mol. The molecule has 170 valence electrons. The average molecular weight is 447 g/mol. The zero-order chi connectivity index (χ0) is 23.4. The van der Waals surface area contributed by atoms with Gasteiger partial charge < -0.3 is 30.8 Å². The minimum atomic E-state index is -0.932. The van der Waals surface area contributed by atoms with Gasteiger partial charge >= 0.3 is 5.97 Å². The highest BCUT2D eigenvalue weighted by molar-refractivity contribution is 5.93. The first-order valence-electron chi connectivity index (χ1n) is 10.6. The molecule has 7 heteroatoms. The summed E-state index contributed by atoms with van der Waals surface area (Å²) in [6.45, 7) is 0.771. The van der Waals surface area contributed by atoms with Crippen molar-refractivity contribution in [3.8, 4) is 16.9 Å². The Morgan fingerprint density at radius 3 is 2.45 bits per heavy atom. The van der Waals surface area contributed by atoms with E-state index in [-0.39, 0.29) is 19.6 Å². The summed E-state index contributed by atoms with van der Waals surface area (Å²) in [4.78, 5) is 11.3. The van der Waals surface area contributed by atoms with Crippen LogP contribution in [0.15, 0.2) is 65.1 Å². The fraction of sp³-hybridized carbons (Fsp3) is 0.192. The Kier molecular flexibility index (Phi) is 6.74. The summed E-state index contributed by atoms with van der Waals surface area (Å²) in [5, 5.41) is 19.6. The maximum Gasteiger partial charge on any atom is 0.307 e. The van der Waals surface area contributed by atoms with Crippen LogP contribution in [0.5, 0.6) is 5.75 Å². The van der Waals surface area contributed by atoms with Gasteiger partial charge in [0.25, 0.3) is 0 Å². The lowest BCUT2D eigenvalue weighted by molar-refractivity contribution is -0.136. The summed E-state index contributed by atoms with van der Waals surface area (Å²) in [5.41, 5.74) is 17.4. The van der Waals surface area contributed by atoms with Crippen molar-refractivity contribution in [2.24, 2.45) is 11.5 Å². The predicted octanol–water partition coefficient (Wildman–Crippen LogP) is 3.72. The Labute approximate surface area is 191 Å². The summed E-state index contributed by atoms with van der Waals surface area (Å²) < 4.78 is 12.0. The van der Waals surface area contributed by atoms with Gasteiger partial charge in [-0.2, -0.15) is 0 Å². The number of fused-ring (bicyclic) bond motifs is 1. The lowest BCUT2D eigenvalue weighted by Crippen LogP contribution is -2.06. The number of hydrogen-bond donors (Lipinski definition) is 4. The van der Waals surface area contributed by atoms with Gasteiger partial charge in [-0.1, -0.05) is 30.3 Å². The number of aliphatic hydroxyl groups is 1. The Morgan fingerprint density at radius 2 is 1.73 bits per heavy atom. The largest absolute Gasteiger partial charge is 0.489 e. The second kappa shape index (κ2) is 9.87. The van der Waals surface area contributed by atoms with Gasteiger partial charge in [-0.25, -0.2) is 0 Å². The first-order valence-corrected chi connectivity index (χ1v) is 10.6. The number of carboxylic acid groups (broad SMARTS) is 1. The first-order chi connectivity index (χ1) is 16.0. The molecule has 0 bridgehead atoms. The molecule has 0 fully saturated rings. The van der Waals surface area contributed by atoms with Crippen LogP contribution in [0.25, 0.3) is 22.1 Å². The van der Waals surface area contributed by atoms with E-state index in [0.29, 0.717) is 35.7 Å². The molecule has 0 aliphatic rings. The maximum atomic E-state index is 11.3. The first kappa shape index (κ1) is 22.5. The van der Waals surface area contributed by atoms with Crippen LogP contribution in [0, 0.1) is 0 Å². The molecule has 33 heavy (non-hydrogen) atoms. The summed E-state index contributed by atoms with van der Waals surface area (Å²) in [6.07, 6.45) is -0.141. The Morgan fingerprint density at radius 1 is 0.939 bits per heavy atom. The highest BCUT2D eigenvalue weighted by atomic mass is 16.5.